The second-order valence-corrected chi connectivity index (χ2v) is 5.64. The van der Waals surface area contributed by atoms with Gasteiger partial charge in [-0.2, -0.15) is 0 Å². The van der Waals surface area contributed by atoms with Gasteiger partial charge in [0.2, 0.25) is 5.91 Å². The Kier molecular flexibility index (Phi) is 8.71. The third-order valence-electron chi connectivity index (χ3n) is 3.67. The molecule has 0 aliphatic rings. The van der Waals surface area contributed by atoms with Crippen LogP contribution in [0.5, 0.6) is 0 Å². The molecule has 0 radical (unpaired) electrons. The van der Waals surface area contributed by atoms with Gasteiger partial charge >= 0.3 is 0 Å². The first kappa shape index (κ1) is 19.8. The minimum Gasteiger partial charge on any atom is -0.352 e. The summed E-state index contributed by atoms with van der Waals surface area (Å²) in [6.07, 6.45) is 0.765. The summed E-state index contributed by atoms with van der Waals surface area (Å²) in [6.45, 7) is 9.24. The number of hydrogen-bond donors (Lipinski definition) is 2. The van der Waals surface area contributed by atoms with Gasteiger partial charge in [-0.3, -0.25) is 14.4 Å². The van der Waals surface area contributed by atoms with Crippen molar-refractivity contribution >= 4 is 23.3 Å². The molecule has 0 aliphatic heterocycles. The fourth-order valence-corrected chi connectivity index (χ4v) is 2.28. The van der Waals surface area contributed by atoms with Gasteiger partial charge in [0, 0.05) is 17.8 Å². The Balaban J connectivity index is 2.40. The van der Waals surface area contributed by atoms with Gasteiger partial charge in [0.25, 0.3) is 5.91 Å². The van der Waals surface area contributed by atoms with Crippen molar-refractivity contribution in [1.82, 2.24) is 10.2 Å². The number of carbonyl (C=O) groups excluding carboxylic acids is 3. The van der Waals surface area contributed by atoms with Crippen molar-refractivity contribution in [2.24, 2.45) is 0 Å². The quantitative estimate of drug-likeness (QED) is 0.507. The molecule has 1 aromatic carbocycles. The normalized spacial score (nSPS) is 10.5. The summed E-state index contributed by atoms with van der Waals surface area (Å²) in [5.74, 6) is -0.666. The first-order chi connectivity index (χ1) is 11.5. The van der Waals surface area contributed by atoms with Crippen LogP contribution in [0.25, 0.3) is 0 Å². The lowest BCUT2D eigenvalue weighted by molar-refractivity contribution is -0.124. The molecule has 0 saturated carbocycles. The second kappa shape index (κ2) is 10.5. The number of anilines is 1. The van der Waals surface area contributed by atoms with Gasteiger partial charge in [-0.1, -0.05) is 13.8 Å². The smallest absolute Gasteiger partial charge is 0.251 e. The summed E-state index contributed by atoms with van der Waals surface area (Å²) in [5, 5.41) is 5.51. The summed E-state index contributed by atoms with van der Waals surface area (Å²) in [5.41, 5.74) is 1.11. The first-order valence-electron chi connectivity index (χ1n) is 8.36. The first-order valence-corrected chi connectivity index (χ1v) is 8.36. The minimum atomic E-state index is -0.351. The Morgan fingerprint density at radius 1 is 1.04 bits per heavy atom. The van der Waals surface area contributed by atoms with Crippen LogP contribution in [0.15, 0.2) is 24.3 Å². The molecule has 2 amide bonds. The topological polar surface area (TPSA) is 78.5 Å². The highest BCUT2D eigenvalue weighted by atomic mass is 16.2. The molecule has 0 aliphatic carbocycles. The number of ketones is 1. The maximum atomic E-state index is 12.1. The van der Waals surface area contributed by atoms with E-state index in [9.17, 15) is 14.4 Å². The van der Waals surface area contributed by atoms with Gasteiger partial charge in [-0.15, -0.1) is 0 Å². The molecule has 0 spiro atoms. The number of rotatable bonds is 10. The van der Waals surface area contributed by atoms with Crippen molar-refractivity contribution in [2.45, 2.75) is 33.6 Å². The van der Waals surface area contributed by atoms with Crippen LogP contribution in [0, 0.1) is 0 Å². The summed E-state index contributed by atoms with van der Waals surface area (Å²) >= 11 is 0. The third-order valence-corrected chi connectivity index (χ3v) is 3.67. The molecule has 0 unspecified atom stereocenters. The molecule has 0 saturated heterocycles. The molecule has 0 heterocycles. The van der Waals surface area contributed by atoms with E-state index in [1.54, 1.807) is 24.3 Å². The van der Waals surface area contributed by atoms with Crippen LogP contribution in [0.4, 0.5) is 5.69 Å². The van der Waals surface area contributed by atoms with Gasteiger partial charge in [0.05, 0.1) is 6.42 Å². The molecule has 0 aromatic heterocycles. The van der Waals surface area contributed by atoms with Crippen LogP contribution in [0.1, 0.15) is 44.0 Å². The molecule has 2 N–H and O–H groups in total. The van der Waals surface area contributed by atoms with E-state index >= 15 is 0 Å². The van der Waals surface area contributed by atoms with E-state index < -0.39 is 0 Å². The molecule has 0 fully saturated rings. The largest absolute Gasteiger partial charge is 0.352 e. The van der Waals surface area contributed by atoms with E-state index in [1.807, 2.05) is 0 Å². The summed E-state index contributed by atoms with van der Waals surface area (Å²) < 4.78 is 0. The lowest BCUT2D eigenvalue weighted by Gasteiger charge is -2.17. The Labute approximate surface area is 143 Å². The SMILES string of the molecule is CCN(CC)CCCNC(=O)c1ccc(NC(=O)CC(C)=O)cc1. The summed E-state index contributed by atoms with van der Waals surface area (Å²) in [7, 11) is 0. The zero-order chi connectivity index (χ0) is 17.9. The zero-order valence-electron chi connectivity index (χ0n) is 14.7. The maximum Gasteiger partial charge on any atom is 0.251 e. The Hall–Kier alpha value is -2.21. The Morgan fingerprint density at radius 2 is 1.67 bits per heavy atom. The fraction of sp³-hybridized carbons (Fsp3) is 0.500. The number of Topliss-reactive ketones (excluding diaryl/α,β-unsaturated/α-hetero) is 1. The van der Waals surface area contributed by atoms with E-state index in [2.05, 4.69) is 29.4 Å². The zero-order valence-corrected chi connectivity index (χ0v) is 14.7. The minimum absolute atomic E-state index is 0.129. The van der Waals surface area contributed by atoms with Gasteiger partial charge in [0.1, 0.15) is 5.78 Å². The van der Waals surface area contributed by atoms with Crippen LogP contribution >= 0.6 is 0 Å². The maximum absolute atomic E-state index is 12.1. The van der Waals surface area contributed by atoms with E-state index in [-0.39, 0.29) is 24.0 Å². The molecule has 0 bridgehead atoms. The van der Waals surface area contributed by atoms with Crippen LogP contribution in [-0.2, 0) is 9.59 Å². The predicted molar refractivity (Wildman–Crippen MR) is 95.1 cm³/mol. The average molecular weight is 333 g/mol. The number of carbonyl (C=O) groups is 3. The number of benzene rings is 1. The molecule has 0 atom stereocenters. The fourth-order valence-electron chi connectivity index (χ4n) is 2.28. The highest BCUT2D eigenvalue weighted by Gasteiger charge is 2.08. The van der Waals surface area contributed by atoms with E-state index in [0.29, 0.717) is 17.8 Å². The molecular weight excluding hydrogens is 306 g/mol. The number of nitrogens with one attached hydrogen (secondary N) is 2. The van der Waals surface area contributed by atoms with Crippen molar-refractivity contribution in [1.29, 1.82) is 0 Å². The number of amides is 2. The Bertz CT molecular complexity index is 551. The lowest BCUT2D eigenvalue weighted by Crippen LogP contribution is -2.29. The van der Waals surface area contributed by atoms with Crippen molar-refractivity contribution in [3.05, 3.63) is 29.8 Å². The van der Waals surface area contributed by atoms with Crippen LogP contribution in [0.3, 0.4) is 0 Å². The van der Waals surface area contributed by atoms with Gasteiger partial charge in [0.15, 0.2) is 0 Å². The van der Waals surface area contributed by atoms with E-state index in [4.69, 9.17) is 0 Å². The molecule has 1 aromatic rings. The highest BCUT2D eigenvalue weighted by Crippen LogP contribution is 2.10. The molecule has 6 heteroatoms. The lowest BCUT2D eigenvalue weighted by atomic mass is 10.2. The van der Waals surface area contributed by atoms with Gasteiger partial charge in [-0.25, -0.2) is 0 Å². The monoisotopic (exact) mass is 333 g/mol. The average Bonchev–Trinajstić information content (AvgIpc) is 2.54. The van der Waals surface area contributed by atoms with Crippen molar-refractivity contribution in [2.75, 3.05) is 31.5 Å². The second-order valence-electron chi connectivity index (χ2n) is 5.64. The highest BCUT2D eigenvalue weighted by molar-refractivity contribution is 6.03. The van der Waals surface area contributed by atoms with E-state index in [1.165, 1.54) is 6.92 Å². The molecule has 24 heavy (non-hydrogen) atoms. The van der Waals surface area contributed by atoms with Gasteiger partial charge < -0.3 is 15.5 Å². The summed E-state index contributed by atoms with van der Waals surface area (Å²) in [4.78, 5) is 36.7. The number of hydrogen-bond acceptors (Lipinski definition) is 4. The van der Waals surface area contributed by atoms with Crippen LogP contribution in [0.2, 0.25) is 0 Å². The van der Waals surface area contributed by atoms with Crippen molar-refractivity contribution in [3.8, 4) is 0 Å². The van der Waals surface area contributed by atoms with Gasteiger partial charge in [-0.05, 0) is 57.2 Å². The Morgan fingerprint density at radius 3 is 2.21 bits per heavy atom. The van der Waals surface area contributed by atoms with Crippen LogP contribution in [-0.4, -0.2) is 48.7 Å². The third kappa shape index (κ3) is 7.37. The van der Waals surface area contributed by atoms with Crippen LogP contribution < -0.4 is 10.6 Å². The van der Waals surface area contributed by atoms with Crippen molar-refractivity contribution in [3.63, 3.8) is 0 Å². The predicted octanol–water partition coefficient (Wildman–Crippen LogP) is 2.07. The molecule has 6 nitrogen and oxygen atoms in total. The van der Waals surface area contributed by atoms with E-state index in [0.717, 1.165) is 26.1 Å². The standard InChI is InChI=1S/C18H27N3O3/c1-4-21(5-2)12-6-11-19-18(24)15-7-9-16(10-8-15)20-17(23)13-14(3)22/h7-10H,4-6,11-13H2,1-3H3,(H,19,24)(H,20,23). The van der Waals surface area contributed by atoms with Crippen molar-refractivity contribution < 1.29 is 14.4 Å². The molecule has 132 valence electrons. The molecule has 1 rings (SSSR count). The molecular formula is C18H27N3O3. The summed E-state index contributed by atoms with van der Waals surface area (Å²) in [6, 6.07) is 6.62. The number of nitrogens with zero attached hydrogens (tertiary/aromatic N) is 1.